The minimum absolute atomic E-state index is 0.155. The lowest BCUT2D eigenvalue weighted by Crippen LogP contribution is -2.31. The van der Waals surface area contributed by atoms with Gasteiger partial charge in [-0.25, -0.2) is 20.3 Å². The Kier molecular flexibility index (Phi) is 12.5. The van der Waals surface area contributed by atoms with Crippen LogP contribution in [-0.2, 0) is 23.0 Å². The van der Waals surface area contributed by atoms with Crippen LogP contribution in [0.1, 0.15) is 32.6 Å². The first-order chi connectivity index (χ1) is 12.4. The van der Waals surface area contributed by atoms with Gasteiger partial charge in [-0.15, -0.1) is 0 Å². The van der Waals surface area contributed by atoms with Crippen LogP contribution in [-0.4, -0.2) is 57.2 Å². The van der Waals surface area contributed by atoms with Crippen LogP contribution < -0.4 is 20.3 Å². The molecule has 0 aromatic heterocycles. The summed E-state index contributed by atoms with van der Waals surface area (Å²) < 4.78 is 33.7. The third-order valence-electron chi connectivity index (χ3n) is 3.48. The third-order valence-corrected chi connectivity index (χ3v) is 7.74. The smallest absolute Gasteiger partial charge is 0.306 e. The molecule has 154 valence electrons. The number of carbonyl (C=O) groups excluding carboxylic acids is 1. The average Bonchev–Trinajstić information content (AvgIpc) is 2.61. The normalized spacial score (nSPS) is 28.8. The van der Waals surface area contributed by atoms with Crippen molar-refractivity contribution in [3.05, 3.63) is 0 Å². The number of hydrogen-bond donors (Lipinski definition) is 4. The Hall–Kier alpha value is 0.240. The Morgan fingerprint density at radius 3 is 2.00 bits per heavy atom. The van der Waals surface area contributed by atoms with Gasteiger partial charge in [0.25, 0.3) is 0 Å². The van der Waals surface area contributed by atoms with Gasteiger partial charge in [0, 0.05) is 38.4 Å². The molecular formula is C14H32N4O5P2S. The van der Waals surface area contributed by atoms with E-state index < -0.39 is 15.3 Å². The maximum atomic E-state index is 11.7. The summed E-state index contributed by atoms with van der Waals surface area (Å²) in [5.74, 6) is 1.11. The molecule has 2 rings (SSSR count). The van der Waals surface area contributed by atoms with Gasteiger partial charge in [-0.05, 0) is 32.4 Å². The summed E-state index contributed by atoms with van der Waals surface area (Å²) in [5.41, 5.74) is 0. The largest absolute Gasteiger partial charge is 0.340 e. The fourth-order valence-electron chi connectivity index (χ4n) is 2.14. The van der Waals surface area contributed by atoms with Gasteiger partial charge in [-0.2, -0.15) is 11.8 Å². The van der Waals surface area contributed by atoms with E-state index in [1.54, 1.807) is 18.7 Å². The van der Waals surface area contributed by atoms with E-state index in [0.29, 0.717) is 32.6 Å². The highest BCUT2D eigenvalue weighted by Crippen LogP contribution is 2.39. The zero-order valence-corrected chi connectivity index (χ0v) is 18.2. The molecule has 9 nitrogen and oxygen atoms in total. The molecule has 2 fully saturated rings. The van der Waals surface area contributed by atoms with E-state index in [4.69, 9.17) is 9.05 Å². The van der Waals surface area contributed by atoms with Gasteiger partial charge < -0.3 is 13.8 Å². The second-order valence-corrected chi connectivity index (χ2v) is 10.9. The van der Waals surface area contributed by atoms with Crippen LogP contribution in [0.5, 0.6) is 0 Å². The molecule has 0 amide bonds. The van der Waals surface area contributed by atoms with Crippen molar-refractivity contribution >= 4 is 32.9 Å². The fourth-order valence-corrected chi connectivity index (χ4v) is 5.72. The Labute approximate surface area is 160 Å². The average molecular weight is 430 g/mol. The second-order valence-electron chi connectivity index (χ2n) is 5.91. The molecule has 0 aromatic rings. The lowest BCUT2D eigenvalue weighted by molar-refractivity contribution is -0.117. The van der Waals surface area contributed by atoms with Crippen LogP contribution in [0.15, 0.2) is 0 Å². The Morgan fingerprint density at radius 1 is 1.04 bits per heavy atom. The molecule has 2 aliphatic heterocycles. The van der Waals surface area contributed by atoms with Gasteiger partial charge in [0.2, 0.25) is 0 Å². The van der Waals surface area contributed by atoms with E-state index in [-0.39, 0.29) is 5.78 Å². The standard InChI is InChI=1S/C8H17N2O3P.C6H15N2O2PS/c1-8(11)4-2-5-9-14(12)10-6-3-7-13-14;1-12-6-4-8-11(9)7-3-2-5-10-11/h2-7H2,1H3,(H2,9,10,12);2-6H2,1H3,(H2,7,8,9). The third kappa shape index (κ3) is 11.2. The number of nitrogens with one attached hydrogen (secondary N) is 4. The van der Waals surface area contributed by atoms with Crippen molar-refractivity contribution in [3.63, 3.8) is 0 Å². The van der Waals surface area contributed by atoms with Crippen LogP contribution in [0.2, 0.25) is 0 Å². The van der Waals surface area contributed by atoms with Crippen LogP contribution in [0.25, 0.3) is 0 Å². The first kappa shape index (κ1) is 24.3. The molecule has 0 aromatic carbocycles. The number of carbonyl (C=O) groups is 1. The van der Waals surface area contributed by atoms with E-state index in [1.807, 2.05) is 6.26 Å². The number of hydrogen-bond acceptors (Lipinski definition) is 6. The first-order valence-corrected chi connectivity index (χ1v) is 13.5. The molecule has 4 N–H and O–H groups in total. The quantitative estimate of drug-likeness (QED) is 0.320. The van der Waals surface area contributed by atoms with Gasteiger partial charge in [-0.3, -0.25) is 9.13 Å². The highest BCUT2D eigenvalue weighted by Gasteiger charge is 2.25. The zero-order chi connectivity index (χ0) is 19.3. The van der Waals surface area contributed by atoms with Gasteiger partial charge in [-0.1, -0.05) is 0 Å². The maximum Gasteiger partial charge on any atom is 0.340 e. The molecule has 0 aliphatic carbocycles. The lowest BCUT2D eigenvalue weighted by Gasteiger charge is -2.24. The molecular weight excluding hydrogens is 398 g/mol. The minimum Gasteiger partial charge on any atom is -0.306 e. The number of rotatable bonds is 9. The van der Waals surface area contributed by atoms with Crippen molar-refractivity contribution in [3.8, 4) is 0 Å². The summed E-state index contributed by atoms with van der Waals surface area (Å²) in [6.45, 7) is 5.45. The summed E-state index contributed by atoms with van der Waals surface area (Å²) in [6, 6.07) is 0. The van der Waals surface area contributed by atoms with E-state index in [0.717, 1.165) is 38.2 Å². The molecule has 2 heterocycles. The summed E-state index contributed by atoms with van der Waals surface area (Å²) in [5, 5.41) is 11.4. The second kappa shape index (κ2) is 13.4. The predicted octanol–water partition coefficient (Wildman–Crippen LogP) is 2.12. The summed E-state index contributed by atoms with van der Waals surface area (Å²) >= 11 is 1.72. The van der Waals surface area contributed by atoms with E-state index in [9.17, 15) is 13.9 Å². The van der Waals surface area contributed by atoms with Crippen molar-refractivity contribution < 1.29 is 23.0 Å². The zero-order valence-electron chi connectivity index (χ0n) is 15.6. The molecule has 12 heteroatoms. The molecule has 0 spiro atoms. The fraction of sp³-hybridized carbons (Fsp3) is 0.929. The Morgan fingerprint density at radius 2 is 1.58 bits per heavy atom. The van der Waals surface area contributed by atoms with Crippen molar-refractivity contribution in [1.82, 2.24) is 20.3 Å². The molecule has 26 heavy (non-hydrogen) atoms. The molecule has 2 unspecified atom stereocenters. The lowest BCUT2D eigenvalue weighted by atomic mass is 10.2. The monoisotopic (exact) mass is 430 g/mol. The Balaban J connectivity index is 0.000000263. The van der Waals surface area contributed by atoms with E-state index in [2.05, 4.69) is 20.3 Å². The molecule has 0 radical (unpaired) electrons. The predicted molar refractivity (Wildman–Crippen MR) is 107 cm³/mol. The minimum atomic E-state index is -2.78. The molecule has 2 saturated heterocycles. The van der Waals surface area contributed by atoms with Gasteiger partial charge >= 0.3 is 15.3 Å². The highest BCUT2D eigenvalue weighted by molar-refractivity contribution is 7.98. The SMILES string of the molecule is CC(=O)CCCNP1(=O)NCCCO1.CSCCNP1(=O)NCCCO1. The van der Waals surface area contributed by atoms with Crippen LogP contribution >= 0.6 is 27.1 Å². The van der Waals surface area contributed by atoms with Crippen LogP contribution in [0, 0.1) is 0 Å². The van der Waals surface area contributed by atoms with Crippen molar-refractivity contribution in [1.29, 1.82) is 0 Å². The summed E-state index contributed by atoms with van der Waals surface area (Å²) in [6.07, 6.45) is 5.07. The molecule has 0 bridgehead atoms. The number of ketones is 1. The van der Waals surface area contributed by atoms with Crippen molar-refractivity contribution in [2.24, 2.45) is 0 Å². The summed E-state index contributed by atoms with van der Waals surface area (Å²) in [7, 11) is -5.44. The molecule has 0 saturated carbocycles. The van der Waals surface area contributed by atoms with Gasteiger partial charge in [0.1, 0.15) is 5.78 Å². The van der Waals surface area contributed by atoms with Crippen molar-refractivity contribution in [2.75, 3.05) is 51.4 Å². The first-order valence-electron chi connectivity index (χ1n) is 8.87. The number of thioether (sulfide) groups is 1. The van der Waals surface area contributed by atoms with Crippen molar-refractivity contribution in [2.45, 2.75) is 32.6 Å². The van der Waals surface area contributed by atoms with E-state index >= 15 is 0 Å². The topological polar surface area (TPSA) is 118 Å². The Bertz CT molecular complexity index is 492. The molecule has 2 atom stereocenters. The molecule has 2 aliphatic rings. The van der Waals surface area contributed by atoms with Crippen LogP contribution in [0.3, 0.4) is 0 Å². The van der Waals surface area contributed by atoms with Gasteiger partial charge in [0.15, 0.2) is 0 Å². The van der Waals surface area contributed by atoms with Gasteiger partial charge in [0.05, 0.1) is 13.2 Å². The van der Waals surface area contributed by atoms with Crippen LogP contribution in [0.4, 0.5) is 0 Å². The number of Topliss-reactive ketones (excluding diaryl/α,β-unsaturated/α-hetero) is 1. The summed E-state index contributed by atoms with van der Waals surface area (Å²) in [4.78, 5) is 10.6. The maximum absolute atomic E-state index is 11.7. The van der Waals surface area contributed by atoms with E-state index in [1.165, 1.54) is 0 Å². The highest BCUT2D eigenvalue weighted by atomic mass is 32.2.